The first kappa shape index (κ1) is 16.9. The normalized spacial score (nSPS) is 14.4. The monoisotopic (exact) mass is 310 g/mol. The summed E-state index contributed by atoms with van der Waals surface area (Å²) in [4.78, 5) is 16.4. The lowest BCUT2D eigenvalue weighted by molar-refractivity contribution is -0.125. The van der Waals surface area contributed by atoms with Crippen LogP contribution in [0.1, 0.15) is 31.9 Å². The minimum absolute atomic E-state index is 0.263. The molecule has 0 saturated heterocycles. The van der Waals surface area contributed by atoms with Gasteiger partial charge in [0.2, 0.25) is 5.91 Å². The molecule has 4 nitrogen and oxygen atoms in total. The summed E-state index contributed by atoms with van der Waals surface area (Å²) < 4.78 is 0. The van der Waals surface area contributed by atoms with E-state index in [0.29, 0.717) is 0 Å². The third-order valence-electron chi connectivity index (χ3n) is 3.64. The molecule has 1 amide bonds. The van der Waals surface area contributed by atoms with Crippen molar-refractivity contribution in [1.29, 1.82) is 0 Å². The molecule has 2 rings (SSSR count). The Morgan fingerprint density at radius 3 is 2.04 bits per heavy atom. The SMILES string of the molecule is CC(=O)N[C@@](/N=C/c1ccccc1)(c1ccccc1)C(C)(C)O. The molecule has 2 aromatic rings. The first-order valence-electron chi connectivity index (χ1n) is 7.52. The fraction of sp³-hybridized carbons (Fsp3) is 0.263. The maximum Gasteiger partial charge on any atom is 0.219 e. The van der Waals surface area contributed by atoms with E-state index in [-0.39, 0.29) is 5.91 Å². The highest BCUT2D eigenvalue weighted by Crippen LogP contribution is 2.34. The van der Waals surface area contributed by atoms with E-state index >= 15 is 0 Å². The zero-order valence-electron chi connectivity index (χ0n) is 13.7. The number of nitrogens with zero attached hydrogens (tertiary/aromatic N) is 1. The molecule has 2 N–H and O–H groups in total. The van der Waals surface area contributed by atoms with Crippen LogP contribution in [0.5, 0.6) is 0 Å². The molecular formula is C19H22N2O2. The van der Waals surface area contributed by atoms with Gasteiger partial charge in [-0.15, -0.1) is 0 Å². The molecule has 0 heterocycles. The van der Waals surface area contributed by atoms with E-state index < -0.39 is 11.3 Å². The van der Waals surface area contributed by atoms with E-state index in [9.17, 15) is 9.90 Å². The summed E-state index contributed by atoms with van der Waals surface area (Å²) in [5.74, 6) is -0.263. The van der Waals surface area contributed by atoms with Crippen molar-refractivity contribution in [3.63, 3.8) is 0 Å². The van der Waals surface area contributed by atoms with Crippen LogP contribution in [0.2, 0.25) is 0 Å². The van der Waals surface area contributed by atoms with Crippen LogP contribution >= 0.6 is 0 Å². The third-order valence-corrected chi connectivity index (χ3v) is 3.64. The molecule has 0 radical (unpaired) electrons. The molecule has 23 heavy (non-hydrogen) atoms. The maximum absolute atomic E-state index is 11.8. The molecule has 2 aromatic carbocycles. The molecule has 0 aliphatic rings. The fourth-order valence-corrected chi connectivity index (χ4v) is 2.49. The highest BCUT2D eigenvalue weighted by Gasteiger charge is 2.46. The van der Waals surface area contributed by atoms with Crippen molar-refractivity contribution < 1.29 is 9.90 Å². The lowest BCUT2D eigenvalue weighted by atomic mass is 9.84. The molecule has 0 saturated carbocycles. The summed E-state index contributed by atoms with van der Waals surface area (Å²) >= 11 is 0. The van der Waals surface area contributed by atoms with Gasteiger partial charge in [0.15, 0.2) is 5.66 Å². The lowest BCUT2D eigenvalue weighted by Crippen LogP contribution is -2.57. The second kappa shape index (κ2) is 6.75. The molecule has 0 aromatic heterocycles. The number of hydrogen-bond donors (Lipinski definition) is 2. The average molecular weight is 310 g/mol. The van der Waals surface area contributed by atoms with Gasteiger partial charge in [-0.05, 0) is 19.4 Å². The minimum atomic E-state index is -1.30. The van der Waals surface area contributed by atoms with Gasteiger partial charge in [-0.1, -0.05) is 60.7 Å². The van der Waals surface area contributed by atoms with E-state index in [1.807, 2.05) is 60.7 Å². The van der Waals surface area contributed by atoms with Gasteiger partial charge in [-0.2, -0.15) is 0 Å². The van der Waals surface area contributed by atoms with Gasteiger partial charge in [0, 0.05) is 18.7 Å². The van der Waals surface area contributed by atoms with Gasteiger partial charge in [-0.3, -0.25) is 9.79 Å². The van der Waals surface area contributed by atoms with Crippen molar-refractivity contribution in [2.45, 2.75) is 32.0 Å². The molecule has 0 spiro atoms. The Balaban J connectivity index is 2.57. The molecule has 120 valence electrons. The molecule has 1 atom stereocenters. The van der Waals surface area contributed by atoms with Crippen molar-refractivity contribution in [1.82, 2.24) is 5.32 Å². The predicted molar refractivity (Wildman–Crippen MR) is 92.3 cm³/mol. The molecule has 0 bridgehead atoms. The number of rotatable bonds is 5. The summed E-state index contributed by atoms with van der Waals surface area (Å²) in [6.45, 7) is 4.69. The van der Waals surface area contributed by atoms with Crippen molar-refractivity contribution in [3.05, 3.63) is 71.8 Å². The van der Waals surface area contributed by atoms with Gasteiger partial charge in [0.1, 0.15) is 5.60 Å². The van der Waals surface area contributed by atoms with E-state index in [1.165, 1.54) is 6.92 Å². The summed E-state index contributed by atoms with van der Waals surface area (Å²) in [6, 6.07) is 18.9. The summed E-state index contributed by atoms with van der Waals surface area (Å²) in [5, 5.41) is 13.6. The number of carbonyl (C=O) groups is 1. The van der Waals surface area contributed by atoms with Crippen LogP contribution < -0.4 is 5.32 Å². The number of benzene rings is 2. The number of hydrogen-bond acceptors (Lipinski definition) is 3. The Morgan fingerprint density at radius 1 is 1.04 bits per heavy atom. The Labute approximate surface area is 136 Å². The van der Waals surface area contributed by atoms with Crippen molar-refractivity contribution in [2.24, 2.45) is 4.99 Å². The number of aliphatic imine (C=N–C) groups is 1. The van der Waals surface area contributed by atoms with Crippen molar-refractivity contribution in [2.75, 3.05) is 0 Å². The minimum Gasteiger partial charge on any atom is -0.386 e. The maximum atomic E-state index is 11.8. The first-order chi connectivity index (χ1) is 10.8. The van der Waals surface area contributed by atoms with Crippen LogP contribution in [0.3, 0.4) is 0 Å². The van der Waals surface area contributed by atoms with Crippen LogP contribution in [0.15, 0.2) is 65.7 Å². The Hall–Kier alpha value is -2.46. The zero-order chi connectivity index (χ0) is 16.9. The summed E-state index contributed by atoms with van der Waals surface area (Å²) in [7, 11) is 0. The van der Waals surface area contributed by atoms with Crippen LogP contribution in [-0.4, -0.2) is 22.8 Å². The molecular weight excluding hydrogens is 288 g/mol. The van der Waals surface area contributed by atoms with Crippen LogP contribution in [0, 0.1) is 0 Å². The van der Waals surface area contributed by atoms with Gasteiger partial charge >= 0.3 is 0 Å². The Kier molecular flexibility index (Phi) is 4.96. The van der Waals surface area contributed by atoms with E-state index in [2.05, 4.69) is 10.3 Å². The summed E-state index contributed by atoms with van der Waals surface area (Å²) in [5.41, 5.74) is -0.960. The predicted octanol–water partition coefficient (Wildman–Crippen LogP) is 2.87. The average Bonchev–Trinajstić information content (AvgIpc) is 2.52. The lowest BCUT2D eigenvalue weighted by Gasteiger charge is -2.41. The molecule has 4 heteroatoms. The fourth-order valence-electron chi connectivity index (χ4n) is 2.49. The quantitative estimate of drug-likeness (QED) is 0.834. The van der Waals surface area contributed by atoms with Gasteiger partial charge in [-0.25, -0.2) is 0 Å². The highest BCUT2D eigenvalue weighted by atomic mass is 16.3. The van der Waals surface area contributed by atoms with E-state index in [1.54, 1.807) is 20.1 Å². The highest BCUT2D eigenvalue weighted by molar-refractivity contribution is 5.81. The number of carbonyl (C=O) groups excluding carboxylic acids is 1. The Morgan fingerprint density at radius 2 is 1.57 bits per heavy atom. The van der Waals surface area contributed by atoms with Crippen LogP contribution in [0.25, 0.3) is 0 Å². The number of amides is 1. The summed E-state index contributed by atoms with van der Waals surface area (Å²) in [6.07, 6.45) is 1.67. The second-order valence-corrected chi connectivity index (χ2v) is 5.99. The molecule has 0 fully saturated rings. The van der Waals surface area contributed by atoms with Gasteiger partial charge in [0.25, 0.3) is 0 Å². The van der Waals surface area contributed by atoms with Crippen LogP contribution in [0.4, 0.5) is 0 Å². The zero-order valence-corrected chi connectivity index (χ0v) is 13.7. The number of nitrogens with one attached hydrogen (secondary N) is 1. The second-order valence-electron chi connectivity index (χ2n) is 5.99. The topological polar surface area (TPSA) is 61.7 Å². The van der Waals surface area contributed by atoms with Gasteiger partial charge in [0.05, 0.1) is 0 Å². The molecule has 0 unspecified atom stereocenters. The first-order valence-corrected chi connectivity index (χ1v) is 7.52. The molecule has 0 aliphatic carbocycles. The van der Waals surface area contributed by atoms with Gasteiger partial charge < -0.3 is 10.4 Å². The number of aliphatic hydroxyl groups is 1. The van der Waals surface area contributed by atoms with E-state index in [4.69, 9.17) is 0 Å². The smallest absolute Gasteiger partial charge is 0.219 e. The third kappa shape index (κ3) is 3.85. The van der Waals surface area contributed by atoms with Crippen LogP contribution in [-0.2, 0) is 10.5 Å². The molecule has 0 aliphatic heterocycles. The van der Waals surface area contributed by atoms with E-state index in [0.717, 1.165) is 11.1 Å². The Bertz CT molecular complexity index is 676. The standard InChI is InChI=1S/C19H22N2O2/c1-15(22)21-19(18(2,3)23,17-12-8-5-9-13-17)20-14-16-10-6-4-7-11-16/h4-14,23H,1-3H3,(H,21,22)/b20-14+/t19-/m0/s1. The van der Waals surface area contributed by atoms with Crippen molar-refractivity contribution >= 4 is 12.1 Å². The largest absolute Gasteiger partial charge is 0.386 e. The van der Waals surface area contributed by atoms with Crippen molar-refractivity contribution in [3.8, 4) is 0 Å².